The lowest BCUT2D eigenvalue weighted by atomic mass is 9.65. The first-order valence-corrected chi connectivity index (χ1v) is 12.4. The van der Waals surface area contributed by atoms with Gasteiger partial charge in [-0.15, -0.1) is 0 Å². The van der Waals surface area contributed by atoms with Crippen LogP contribution in [-0.4, -0.2) is 47.7 Å². The fourth-order valence-electron chi connectivity index (χ4n) is 5.29. The van der Waals surface area contributed by atoms with Crippen LogP contribution in [0.15, 0.2) is 42.5 Å². The van der Waals surface area contributed by atoms with E-state index in [1.165, 1.54) is 11.9 Å². The molecule has 0 aliphatic heterocycles. The van der Waals surface area contributed by atoms with Crippen molar-refractivity contribution in [3.8, 4) is 0 Å². The van der Waals surface area contributed by atoms with Crippen LogP contribution >= 0.6 is 11.6 Å². The molecular weight excluding hydrogens is 450 g/mol. The number of carbonyl (C=O) groups is 2. The number of rotatable bonds is 8. The number of hydrogen-bond donors (Lipinski definition) is 2. The van der Waals surface area contributed by atoms with Crippen LogP contribution in [0.5, 0.6) is 0 Å². The molecule has 0 saturated heterocycles. The number of nitrogens with one attached hydrogen (secondary N) is 1. The zero-order chi connectivity index (χ0) is 25.0. The second kappa shape index (κ2) is 10.7. The van der Waals surface area contributed by atoms with Crippen LogP contribution in [0.2, 0.25) is 5.02 Å². The molecule has 1 unspecified atom stereocenters. The van der Waals surface area contributed by atoms with E-state index in [9.17, 15) is 14.7 Å². The van der Waals surface area contributed by atoms with Crippen LogP contribution < -0.4 is 10.2 Å². The van der Waals surface area contributed by atoms with Crippen LogP contribution in [0.4, 0.5) is 16.2 Å². The van der Waals surface area contributed by atoms with Crippen molar-refractivity contribution in [2.45, 2.75) is 58.4 Å². The van der Waals surface area contributed by atoms with Gasteiger partial charge in [0, 0.05) is 42.5 Å². The molecule has 1 aliphatic rings. The molecule has 2 N–H and O–H groups in total. The number of carboxylic acid groups (broad SMARTS) is 1. The first-order chi connectivity index (χ1) is 16.1. The zero-order valence-corrected chi connectivity index (χ0v) is 21.5. The van der Waals surface area contributed by atoms with Gasteiger partial charge in [-0.2, -0.15) is 0 Å². The van der Waals surface area contributed by atoms with Gasteiger partial charge in [-0.25, -0.2) is 4.79 Å². The summed E-state index contributed by atoms with van der Waals surface area (Å²) in [7, 11) is 1.50. The number of aryl methyl sites for hydroxylation is 1. The summed E-state index contributed by atoms with van der Waals surface area (Å²) >= 11 is 6.67. The average Bonchev–Trinajstić information content (AvgIpc) is 2.80. The van der Waals surface area contributed by atoms with Crippen molar-refractivity contribution >= 4 is 35.0 Å². The number of halogens is 1. The van der Waals surface area contributed by atoms with E-state index in [0.29, 0.717) is 30.0 Å². The first kappa shape index (κ1) is 25.9. The smallest absolute Gasteiger partial charge is 0.407 e. The molecule has 0 radical (unpaired) electrons. The lowest BCUT2D eigenvalue weighted by Crippen LogP contribution is -2.62. The van der Waals surface area contributed by atoms with Crippen LogP contribution in [0.1, 0.15) is 57.6 Å². The summed E-state index contributed by atoms with van der Waals surface area (Å²) in [5.74, 6) is -0.430. The Labute approximate surface area is 207 Å². The number of nitrogens with zero attached hydrogens (tertiary/aromatic N) is 2. The molecule has 2 aromatic rings. The van der Waals surface area contributed by atoms with E-state index >= 15 is 0 Å². The Morgan fingerprint density at radius 2 is 1.79 bits per heavy atom. The Hall–Kier alpha value is -2.73. The third-order valence-electron chi connectivity index (χ3n) is 7.08. The van der Waals surface area contributed by atoms with Gasteiger partial charge >= 0.3 is 6.09 Å². The molecule has 0 fully saturated rings. The lowest BCUT2D eigenvalue weighted by Gasteiger charge is -2.48. The highest BCUT2D eigenvalue weighted by atomic mass is 35.5. The molecule has 2 aromatic carbocycles. The molecule has 184 valence electrons. The standard InChI is InChI=1S/C27H36ClN3O3/c1-6-31(7-2)21-13-11-20(12-14-21)29-25(32)27(30(5)26(33)34)16-15-19-9-8-10-23(28)24(19)22(27)17-18(3)4/h8-14,18,22H,6-7,15-17H2,1-5H3,(H,29,32)(H,33,34)/t22?,27-/m1/s1. The maximum atomic E-state index is 14.0. The van der Waals surface area contributed by atoms with E-state index in [1.54, 1.807) is 0 Å². The molecule has 0 spiro atoms. The van der Waals surface area contributed by atoms with Crippen LogP contribution in [0.25, 0.3) is 0 Å². The van der Waals surface area contributed by atoms with Crippen molar-refractivity contribution in [2.75, 3.05) is 30.4 Å². The van der Waals surface area contributed by atoms with E-state index in [1.807, 2.05) is 42.5 Å². The Bertz CT molecular complexity index is 1020. The minimum absolute atomic E-state index is 0.245. The number of fused-ring (bicyclic) bond motifs is 1. The van der Waals surface area contributed by atoms with E-state index in [4.69, 9.17) is 11.6 Å². The number of carbonyl (C=O) groups excluding carboxylic acids is 1. The van der Waals surface area contributed by atoms with Gasteiger partial charge in [0.2, 0.25) is 0 Å². The molecule has 2 atom stereocenters. The molecule has 7 heteroatoms. The molecule has 6 nitrogen and oxygen atoms in total. The van der Waals surface area contributed by atoms with E-state index < -0.39 is 11.6 Å². The number of amides is 2. The van der Waals surface area contributed by atoms with Crippen molar-refractivity contribution in [1.29, 1.82) is 0 Å². The lowest BCUT2D eigenvalue weighted by molar-refractivity contribution is -0.129. The predicted molar refractivity (Wildman–Crippen MR) is 139 cm³/mol. The maximum Gasteiger partial charge on any atom is 0.407 e. The summed E-state index contributed by atoms with van der Waals surface area (Å²) in [6.45, 7) is 10.2. The summed E-state index contributed by atoms with van der Waals surface area (Å²) in [6, 6.07) is 13.5. The third kappa shape index (κ3) is 4.88. The number of hydrogen-bond acceptors (Lipinski definition) is 3. The number of anilines is 2. The number of likely N-dealkylation sites (N-methyl/N-ethyl adjacent to an activating group) is 1. The second-order valence-corrected chi connectivity index (χ2v) is 9.84. The summed E-state index contributed by atoms with van der Waals surface area (Å²) in [5.41, 5.74) is 2.43. The van der Waals surface area contributed by atoms with Crippen molar-refractivity contribution in [3.05, 3.63) is 58.6 Å². The molecule has 2 amide bonds. The first-order valence-electron chi connectivity index (χ1n) is 12.1. The fourth-order valence-corrected chi connectivity index (χ4v) is 5.62. The van der Waals surface area contributed by atoms with Crippen molar-refractivity contribution in [3.63, 3.8) is 0 Å². The van der Waals surface area contributed by atoms with Gasteiger partial charge in [-0.05, 0) is 80.5 Å². The highest BCUT2D eigenvalue weighted by molar-refractivity contribution is 6.31. The Balaban J connectivity index is 2.05. The average molecular weight is 486 g/mol. The van der Waals surface area contributed by atoms with Gasteiger partial charge in [0.1, 0.15) is 5.54 Å². The second-order valence-electron chi connectivity index (χ2n) is 9.43. The SMILES string of the molecule is CCN(CC)c1ccc(NC(=O)[C@@]2(N(C)C(=O)O)CCc3cccc(Cl)c3C2CC(C)C)cc1. The van der Waals surface area contributed by atoms with Crippen molar-refractivity contribution in [1.82, 2.24) is 4.90 Å². The zero-order valence-electron chi connectivity index (χ0n) is 20.8. The van der Waals surface area contributed by atoms with Gasteiger partial charge in [0.15, 0.2) is 0 Å². The van der Waals surface area contributed by atoms with Crippen LogP contribution in [-0.2, 0) is 11.2 Å². The van der Waals surface area contributed by atoms with Gasteiger partial charge in [0.25, 0.3) is 5.91 Å². The minimum Gasteiger partial charge on any atom is -0.465 e. The highest BCUT2D eigenvalue weighted by Gasteiger charge is 2.54. The molecule has 0 aromatic heterocycles. The van der Waals surface area contributed by atoms with Gasteiger partial charge in [0.05, 0.1) is 0 Å². The molecule has 1 aliphatic carbocycles. The Kier molecular flexibility index (Phi) is 8.13. The maximum absolute atomic E-state index is 14.0. The Morgan fingerprint density at radius 3 is 2.35 bits per heavy atom. The van der Waals surface area contributed by atoms with Gasteiger partial charge in [-0.3, -0.25) is 9.69 Å². The molecule has 0 heterocycles. The van der Waals surface area contributed by atoms with E-state index in [-0.39, 0.29) is 17.7 Å². The monoisotopic (exact) mass is 485 g/mol. The predicted octanol–water partition coefficient (Wildman–Crippen LogP) is 6.25. The molecule has 0 saturated carbocycles. The minimum atomic E-state index is -1.27. The summed E-state index contributed by atoms with van der Waals surface area (Å²) in [4.78, 5) is 29.7. The molecular formula is C27H36ClN3O3. The summed E-state index contributed by atoms with van der Waals surface area (Å²) in [5, 5.41) is 13.7. The quantitative estimate of drug-likeness (QED) is 0.463. The van der Waals surface area contributed by atoms with Crippen molar-refractivity contribution < 1.29 is 14.7 Å². The summed E-state index contributed by atoms with van der Waals surface area (Å²) < 4.78 is 0. The van der Waals surface area contributed by atoms with Gasteiger partial charge < -0.3 is 15.3 Å². The Morgan fingerprint density at radius 1 is 1.15 bits per heavy atom. The topological polar surface area (TPSA) is 72.9 Å². The molecule has 34 heavy (non-hydrogen) atoms. The fraction of sp³-hybridized carbons (Fsp3) is 0.481. The highest BCUT2D eigenvalue weighted by Crippen LogP contribution is 2.49. The molecule has 0 bridgehead atoms. The third-order valence-corrected chi connectivity index (χ3v) is 7.41. The van der Waals surface area contributed by atoms with E-state index in [0.717, 1.165) is 29.9 Å². The molecule has 3 rings (SSSR count). The summed E-state index contributed by atoms with van der Waals surface area (Å²) in [6.07, 6.45) is 0.486. The van der Waals surface area contributed by atoms with E-state index in [2.05, 4.69) is 37.9 Å². The van der Waals surface area contributed by atoms with Crippen LogP contribution in [0, 0.1) is 5.92 Å². The van der Waals surface area contributed by atoms with Gasteiger partial charge in [-0.1, -0.05) is 37.6 Å². The normalized spacial score (nSPS) is 19.4. The largest absolute Gasteiger partial charge is 0.465 e. The van der Waals surface area contributed by atoms with Crippen LogP contribution in [0.3, 0.4) is 0 Å². The number of benzene rings is 2. The van der Waals surface area contributed by atoms with Crippen molar-refractivity contribution in [2.24, 2.45) is 5.92 Å².